The SMILES string of the molecule is CC(C)(C)OC(=O)NC(CC1CCCC1)C(=O)OCCl. The predicted octanol–water partition coefficient (Wildman–Crippen LogP) is 3.20. The summed E-state index contributed by atoms with van der Waals surface area (Å²) in [5, 5.41) is 2.59. The minimum Gasteiger partial charge on any atom is -0.448 e. The van der Waals surface area contributed by atoms with Gasteiger partial charge in [0.25, 0.3) is 0 Å². The Kier molecular flexibility index (Phi) is 6.59. The second-order valence-electron chi connectivity index (χ2n) is 6.16. The van der Waals surface area contributed by atoms with Crippen LogP contribution in [0.2, 0.25) is 0 Å². The fourth-order valence-electron chi connectivity index (χ4n) is 2.40. The lowest BCUT2D eigenvalue weighted by Gasteiger charge is -2.24. The molecule has 1 atom stereocenters. The van der Waals surface area contributed by atoms with Gasteiger partial charge in [0.15, 0.2) is 6.07 Å². The van der Waals surface area contributed by atoms with Gasteiger partial charge in [-0.2, -0.15) is 0 Å². The average molecular weight is 306 g/mol. The van der Waals surface area contributed by atoms with Crippen molar-refractivity contribution in [3.8, 4) is 0 Å². The van der Waals surface area contributed by atoms with Crippen molar-refractivity contribution in [1.82, 2.24) is 5.32 Å². The van der Waals surface area contributed by atoms with E-state index in [4.69, 9.17) is 21.1 Å². The summed E-state index contributed by atoms with van der Waals surface area (Å²) >= 11 is 5.41. The zero-order chi connectivity index (χ0) is 15.2. The normalized spacial score (nSPS) is 17.6. The summed E-state index contributed by atoms with van der Waals surface area (Å²) in [5.41, 5.74) is -0.599. The number of amides is 1. The van der Waals surface area contributed by atoms with Crippen molar-refractivity contribution in [3.05, 3.63) is 0 Å². The van der Waals surface area contributed by atoms with Crippen LogP contribution in [-0.4, -0.2) is 29.8 Å². The fraction of sp³-hybridized carbons (Fsp3) is 0.857. The number of carbonyl (C=O) groups is 2. The molecule has 0 aromatic heterocycles. The van der Waals surface area contributed by atoms with Gasteiger partial charge in [0, 0.05) is 0 Å². The Balaban J connectivity index is 2.56. The van der Waals surface area contributed by atoms with Gasteiger partial charge in [0.1, 0.15) is 11.6 Å². The Morgan fingerprint density at radius 3 is 2.40 bits per heavy atom. The first-order valence-corrected chi connectivity index (χ1v) is 7.57. The number of hydrogen-bond acceptors (Lipinski definition) is 4. The zero-order valence-electron chi connectivity index (χ0n) is 12.4. The highest BCUT2D eigenvalue weighted by atomic mass is 35.5. The van der Waals surface area contributed by atoms with E-state index in [9.17, 15) is 9.59 Å². The lowest BCUT2D eigenvalue weighted by atomic mass is 9.98. The van der Waals surface area contributed by atoms with Gasteiger partial charge in [-0.05, 0) is 33.1 Å². The molecule has 6 heteroatoms. The quantitative estimate of drug-likeness (QED) is 0.626. The first-order valence-electron chi connectivity index (χ1n) is 7.04. The Bertz CT molecular complexity index is 335. The van der Waals surface area contributed by atoms with E-state index in [2.05, 4.69) is 5.32 Å². The third kappa shape index (κ3) is 6.46. The van der Waals surface area contributed by atoms with Crippen LogP contribution in [0.3, 0.4) is 0 Å². The molecule has 0 aromatic carbocycles. The number of alkyl halides is 1. The molecule has 0 radical (unpaired) electrons. The molecule has 1 N–H and O–H groups in total. The van der Waals surface area contributed by atoms with Crippen LogP contribution in [0.4, 0.5) is 4.79 Å². The van der Waals surface area contributed by atoms with E-state index in [1.807, 2.05) is 0 Å². The van der Waals surface area contributed by atoms with E-state index in [-0.39, 0.29) is 6.07 Å². The van der Waals surface area contributed by atoms with Crippen LogP contribution in [0.25, 0.3) is 0 Å². The van der Waals surface area contributed by atoms with Crippen LogP contribution in [-0.2, 0) is 14.3 Å². The van der Waals surface area contributed by atoms with Crippen LogP contribution in [0.5, 0.6) is 0 Å². The van der Waals surface area contributed by atoms with Gasteiger partial charge in [-0.15, -0.1) is 0 Å². The van der Waals surface area contributed by atoms with E-state index in [0.29, 0.717) is 12.3 Å². The molecule has 1 unspecified atom stereocenters. The number of halogens is 1. The van der Waals surface area contributed by atoms with Gasteiger partial charge in [0.2, 0.25) is 0 Å². The van der Waals surface area contributed by atoms with Gasteiger partial charge in [-0.1, -0.05) is 37.3 Å². The van der Waals surface area contributed by atoms with Gasteiger partial charge in [0.05, 0.1) is 0 Å². The van der Waals surface area contributed by atoms with E-state index in [1.165, 1.54) is 12.8 Å². The largest absolute Gasteiger partial charge is 0.448 e. The molecule has 0 saturated heterocycles. The minimum atomic E-state index is -0.688. The molecular formula is C14H24ClNO4. The molecule has 5 nitrogen and oxygen atoms in total. The number of esters is 1. The monoisotopic (exact) mass is 305 g/mol. The van der Waals surface area contributed by atoms with Crippen molar-refractivity contribution in [2.24, 2.45) is 5.92 Å². The molecule has 1 aliphatic carbocycles. The Morgan fingerprint density at radius 2 is 1.90 bits per heavy atom. The lowest BCUT2D eigenvalue weighted by Crippen LogP contribution is -2.45. The van der Waals surface area contributed by atoms with Crippen molar-refractivity contribution in [3.63, 3.8) is 0 Å². The molecule has 0 spiro atoms. The maximum atomic E-state index is 11.9. The molecule has 0 heterocycles. The van der Waals surface area contributed by atoms with Crippen LogP contribution in [0.1, 0.15) is 52.9 Å². The van der Waals surface area contributed by atoms with Crippen molar-refractivity contribution < 1.29 is 19.1 Å². The standard InChI is InChI=1S/C14H24ClNO4/c1-14(2,3)20-13(18)16-11(12(17)19-9-15)8-10-6-4-5-7-10/h10-11H,4-9H2,1-3H3,(H,16,18). The number of hydrogen-bond donors (Lipinski definition) is 1. The molecular weight excluding hydrogens is 282 g/mol. The average Bonchev–Trinajstić information content (AvgIpc) is 2.78. The molecule has 0 bridgehead atoms. The summed E-state index contributed by atoms with van der Waals surface area (Å²) in [6.07, 6.45) is 4.49. The molecule has 116 valence electrons. The summed E-state index contributed by atoms with van der Waals surface area (Å²) in [5.74, 6) is -0.0597. The summed E-state index contributed by atoms with van der Waals surface area (Å²) in [7, 11) is 0. The molecule has 0 aromatic rings. The molecule has 1 fully saturated rings. The topological polar surface area (TPSA) is 64.6 Å². The zero-order valence-corrected chi connectivity index (χ0v) is 13.2. The number of carbonyl (C=O) groups excluding carboxylic acids is 2. The van der Waals surface area contributed by atoms with Crippen molar-refractivity contribution >= 4 is 23.7 Å². The highest BCUT2D eigenvalue weighted by Gasteiger charge is 2.29. The molecule has 1 aliphatic rings. The van der Waals surface area contributed by atoms with E-state index >= 15 is 0 Å². The van der Waals surface area contributed by atoms with Crippen molar-refractivity contribution in [1.29, 1.82) is 0 Å². The van der Waals surface area contributed by atoms with Gasteiger partial charge in [-0.3, -0.25) is 0 Å². The van der Waals surface area contributed by atoms with Crippen molar-refractivity contribution in [2.75, 3.05) is 6.07 Å². The van der Waals surface area contributed by atoms with Crippen molar-refractivity contribution in [2.45, 2.75) is 64.5 Å². The number of alkyl carbamates (subject to hydrolysis) is 1. The number of ether oxygens (including phenoxy) is 2. The molecule has 20 heavy (non-hydrogen) atoms. The summed E-state index contributed by atoms with van der Waals surface area (Å²) in [4.78, 5) is 23.6. The van der Waals surface area contributed by atoms with E-state index < -0.39 is 23.7 Å². The molecule has 1 saturated carbocycles. The van der Waals surface area contributed by atoms with Crippen LogP contribution in [0, 0.1) is 5.92 Å². The van der Waals surface area contributed by atoms with Gasteiger partial charge >= 0.3 is 12.1 Å². The van der Waals surface area contributed by atoms with Gasteiger partial charge < -0.3 is 14.8 Å². The summed E-state index contributed by atoms with van der Waals surface area (Å²) in [6.45, 7) is 5.32. The molecule has 0 aliphatic heterocycles. The highest BCUT2D eigenvalue weighted by molar-refractivity contribution is 6.17. The van der Waals surface area contributed by atoms with E-state index in [1.54, 1.807) is 20.8 Å². The van der Waals surface area contributed by atoms with Crippen LogP contribution >= 0.6 is 11.6 Å². The number of rotatable bonds is 5. The summed E-state index contributed by atoms with van der Waals surface area (Å²) < 4.78 is 9.97. The van der Waals surface area contributed by atoms with Crippen LogP contribution < -0.4 is 5.32 Å². The fourth-order valence-corrected chi connectivity index (χ4v) is 2.51. The highest BCUT2D eigenvalue weighted by Crippen LogP contribution is 2.29. The molecule has 1 rings (SSSR count). The Labute approximate surface area is 125 Å². The molecule has 1 amide bonds. The maximum Gasteiger partial charge on any atom is 0.408 e. The third-order valence-electron chi connectivity index (χ3n) is 3.22. The second-order valence-corrected chi connectivity index (χ2v) is 6.38. The lowest BCUT2D eigenvalue weighted by molar-refractivity contribution is -0.144. The second kappa shape index (κ2) is 7.72. The Morgan fingerprint density at radius 1 is 1.30 bits per heavy atom. The maximum absolute atomic E-state index is 11.9. The predicted molar refractivity (Wildman–Crippen MR) is 76.5 cm³/mol. The van der Waals surface area contributed by atoms with Gasteiger partial charge in [-0.25, -0.2) is 9.59 Å². The first kappa shape index (κ1) is 17.1. The third-order valence-corrected chi connectivity index (χ3v) is 3.33. The van der Waals surface area contributed by atoms with E-state index in [0.717, 1.165) is 12.8 Å². The minimum absolute atomic E-state index is 0.212. The number of nitrogens with one attached hydrogen (secondary N) is 1. The Hall–Kier alpha value is -0.970. The smallest absolute Gasteiger partial charge is 0.408 e. The first-order chi connectivity index (χ1) is 9.31. The summed E-state index contributed by atoms with van der Waals surface area (Å²) in [6, 6.07) is -0.901. The van der Waals surface area contributed by atoms with Crippen LogP contribution in [0.15, 0.2) is 0 Å².